The van der Waals surface area contributed by atoms with Crippen LogP contribution in [0, 0.1) is 0 Å². The lowest BCUT2D eigenvalue weighted by Crippen LogP contribution is -2.32. The summed E-state index contributed by atoms with van der Waals surface area (Å²) in [6, 6.07) is 10.8. The summed E-state index contributed by atoms with van der Waals surface area (Å²) in [7, 11) is 1.62. The summed E-state index contributed by atoms with van der Waals surface area (Å²) >= 11 is 0. The van der Waals surface area contributed by atoms with Crippen LogP contribution in [0.3, 0.4) is 0 Å². The second kappa shape index (κ2) is 7.65. The van der Waals surface area contributed by atoms with Crippen LogP contribution in [0.5, 0.6) is 5.75 Å². The number of nitrogens with one attached hydrogen (secondary N) is 1. The van der Waals surface area contributed by atoms with Gasteiger partial charge in [-0.05, 0) is 36.8 Å². The van der Waals surface area contributed by atoms with Crippen molar-refractivity contribution in [2.45, 2.75) is 25.9 Å². The van der Waals surface area contributed by atoms with E-state index in [2.05, 4.69) is 15.6 Å². The van der Waals surface area contributed by atoms with Gasteiger partial charge in [-0.2, -0.15) is 5.10 Å². The van der Waals surface area contributed by atoms with Crippen molar-refractivity contribution in [2.24, 2.45) is 0 Å². The predicted octanol–water partition coefficient (Wildman–Crippen LogP) is 2.81. The van der Waals surface area contributed by atoms with Gasteiger partial charge < -0.3 is 14.6 Å². The average molecular weight is 340 g/mol. The molecule has 0 aliphatic rings. The number of nitrogens with zero attached hydrogens (tertiary/aromatic N) is 3. The van der Waals surface area contributed by atoms with Crippen molar-refractivity contribution in [3.05, 3.63) is 54.5 Å². The van der Waals surface area contributed by atoms with Crippen LogP contribution in [0.2, 0.25) is 0 Å². The molecule has 0 saturated carbocycles. The summed E-state index contributed by atoms with van der Waals surface area (Å²) in [5.41, 5.74) is 1.56. The third-order valence-corrected chi connectivity index (χ3v) is 3.91. The molecule has 0 fully saturated rings. The molecule has 7 heteroatoms. The van der Waals surface area contributed by atoms with Crippen molar-refractivity contribution >= 4 is 5.91 Å². The highest BCUT2D eigenvalue weighted by Gasteiger charge is 2.18. The highest BCUT2D eigenvalue weighted by atomic mass is 16.5. The van der Waals surface area contributed by atoms with E-state index < -0.39 is 0 Å². The lowest BCUT2D eigenvalue weighted by Gasteiger charge is -2.14. The zero-order chi connectivity index (χ0) is 17.6. The van der Waals surface area contributed by atoms with E-state index in [9.17, 15) is 4.79 Å². The lowest BCUT2D eigenvalue weighted by molar-refractivity contribution is -0.124. The van der Waals surface area contributed by atoms with Gasteiger partial charge in [-0.15, -0.1) is 0 Å². The van der Waals surface area contributed by atoms with E-state index in [0.29, 0.717) is 24.4 Å². The van der Waals surface area contributed by atoms with E-state index in [1.807, 2.05) is 37.3 Å². The Balaban J connectivity index is 1.62. The van der Waals surface area contributed by atoms with Gasteiger partial charge in [0.15, 0.2) is 5.76 Å². The Bertz CT molecular complexity index is 809. The molecule has 0 aliphatic carbocycles. The van der Waals surface area contributed by atoms with Crippen LogP contribution in [0.25, 0.3) is 11.3 Å². The number of methoxy groups -OCH3 is 1. The topological polar surface area (TPSA) is 82.2 Å². The molecule has 1 atom stereocenters. The van der Waals surface area contributed by atoms with Crippen LogP contribution in [-0.2, 0) is 11.3 Å². The van der Waals surface area contributed by atoms with Crippen LogP contribution < -0.4 is 10.1 Å². The minimum absolute atomic E-state index is 0.0970. The zero-order valence-electron chi connectivity index (χ0n) is 14.2. The van der Waals surface area contributed by atoms with E-state index in [0.717, 1.165) is 11.3 Å². The van der Waals surface area contributed by atoms with Crippen molar-refractivity contribution in [3.63, 3.8) is 0 Å². The number of hydrogen-bond acceptors (Lipinski definition) is 5. The molecule has 0 spiro atoms. The normalized spacial score (nSPS) is 11.9. The van der Waals surface area contributed by atoms with Crippen molar-refractivity contribution in [2.75, 3.05) is 7.11 Å². The fourth-order valence-corrected chi connectivity index (χ4v) is 2.54. The Labute approximate surface area is 145 Å². The number of rotatable bonds is 7. The van der Waals surface area contributed by atoms with Crippen LogP contribution in [0.1, 0.15) is 25.1 Å². The van der Waals surface area contributed by atoms with E-state index in [4.69, 9.17) is 9.26 Å². The SMILES string of the molecule is CC[C@@H](C(=O)NCc1cc(-c2ccc(OC)cc2)on1)n1cccn1. The van der Waals surface area contributed by atoms with Crippen molar-refractivity contribution in [3.8, 4) is 17.1 Å². The summed E-state index contributed by atoms with van der Waals surface area (Å²) in [6.45, 7) is 2.25. The first-order valence-electron chi connectivity index (χ1n) is 8.08. The number of carbonyl (C=O) groups is 1. The number of benzene rings is 1. The van der Waals surface area contributed by atoms with E-state index in [1.54, 1.807) is 30.3 Å². The average Bonchev–Trinajstić information content (AvgIpc) is 3.33. The molecule has 1 N–H and O–H groups in total. The van der Waals surface area contributed by atoms with E-state index in [1.165, 1.54) is 0 Å². The quantitative estimate of drug-likeness (QED) is 0.715. The van der Waals surface area contributed by atoms with Crippen molar-refractivity contribution in [1.29, 1.82) is 0 Å². The number of aromatic nitrogens is 3. The molecule has 7 nitrogen and oxygen atoms in total. The standard InChI is InChI=1S/C18H20N4O3/c1-3-16(22-10-4-9-20-22)18(23)19-12-14-11-17(25-21-14)13-5-7-15(24-2)8-6-13/h4-11,16H,3,12H2,1-2H3,(H,19,23)/t16-/m0/s1. The molecule has 0 aliphatic heterocycles. The Morgan fingerprint density at radius 1 is 1.36 bits per heavy atom. The highest BCUT2D eigenvalue weighted by molar-refractivity contribution is 5.80. The lowest BCUT2D eigenvalue weighted by atomic mass is 10.1. The number of ether oxygens (including phenoxy) is 1. The third-order valence-electron chi connectivity index (χ3n) is 3.91. The largest absolute Gasteiger partial charge is 0.497 e. The smallest absolute Gasteiger partial charge is 0.245 e. The summed E-state index contributed by atoms with van der Waals surface area (Å²) in [5, 5.41) is 11.0. The summed E-state index contributed by atoms with van der Waals surface area (Å²) < 4.78 is 12.1. The van der Waals surface area contributed by atoms with Gasteiger partial charge in [0.05, 0.1) is 13.7 Å². The number of hydrogen-bond donors (Lipinski definition) is 1. The fraction of sp³-hybridized carbons (Fsp3) is 0.278. The van der Waals surface area contributed by atoms with Crippen LogP contribution >= 0.6 is 0 Å². The first kappa shape index (κ1) is 16.8. The van der Waals surface area contributed by atoms with Gasteiger partial charge in [0.1, 0.15) is 17.5 Å². The molecule has 2 heterocycles. The van der Waals surface area contributed by atoms with Crippen LogP contribution in [0.15, 0.2) is 53.3 Å². The molecule has 0 unspecified atom stereocenters. The predicted molar refractivity (Wildman–Crippen MR) is 91.9 cm³/mol. The van der Waals surface area contributed by atoms with Crippen molar-refractivity contribution in [1.82, 2.24) is 20.3 Å². The second-order valence-corrected chi connectivity index (χ2v) is 5.54. The molecule has 0 radical (unpaired) electrons. The number of carbonyl (C=O) groups excluding carboxylic acids is 1. The maximum absolute atomic E-state index is 12.3. The van der Waals surface area contributed by atoms with Gasteiger partial charge in [0.25, 0.3) is 0 Å². The van der Waals surface area contributed by atoms with Crippen LogP contribution in [0.4, 0.5) is 0 Å². The Hall–Kier alpha value is -3.09. The fourth-order valence-electron chi connectivity index (χ4n) is 2.54. The van der Waals surface area contributed by atoms with E-state index >= 15 is 0 Å². The van der Waals surface area contributed by atoms with Gasteiger partial charge >= 0.3 is 0 Å². The minimum Gasteiger partial charge on any atom is -0.497 e. The molecule has 1 aromatic carbocycles. The first-order chi connectivity index (χ1) is 12.2. The molecular formula is C18H20N4O3. The summed E-state index contributed by atoms with van der Waals surface area (Å²) in [6.07, 6.45) is 4.10. The Kier molecular flexibility index (Phi) is 5.13. The monoisotopic (exact) mass is 340 g/mol. The molecule has 25 heavy (non-hydrogen) atoms. The van der Waals surface area contributed by atoms with Crippen molar-refractivity contribution < 1.29 is 14.1 Å². The third kappa shape index (κ3) is 3.88. The minimum atomic E-state index is -0.331. The molecule has 2 aromatic heterocycles. The maximum atomic E-state index is 12.3. The Morgan fingerprint density at radius 3 is 2.80 bits per heavy atom. The summed E-state index contributed by atoms with van der Waals surface area (Å²) in [4.78, 5) is 12.3. The highest BCUT2D eigenvalue weighted by Crippen LogP contribution is 2.23. The molecule has 0 saturated heterocycles. The molecule has 1 amide bonds. The summed E-state index contributed by atoms with van der Waals surface area (Å²) in [5.74, 6) is 1.33. The zero-order valence-corrected chi connectivity index (χ0v) is 14.2. The van der Waals surface area contributed by atoms with Gasteiger partial charge in [0, 0.05) is 24.0 Å². The van der Waals surface area contributed by atoms with Gasteiger partial charge in [-0.25, -0.2) is 0 Å². The first-order valence-corrected chi connectivity index (χ1v) is 8.08. The van der Waals surface area contributed by atoms with Gasteiger partial charge in [-0.1, -0.05) is 12.1 Å². The molecule has 3 rings (SSSR count). The Morgan fingerprint density at radius 2 is 2.16 bits per heavy atom. The van der Waals surface area contributed by atoms with E-state index in [-0.39, 0.29) is 11.9 Å². The molecular weight excluding hydrogens is 320 g/mol. The van der Waals surface area contributed by atoms with Gasteiger partial charge in [0.2, 0.25) is 5.91 Å². The molecule has 3 aromatic rings. The molecule has 130 valence electrons. The van der Waals surface area contributed by atoms with Crippen LogP contribution in [-0.4, -0.2) is 28.0 Å². The van der Waals surface area contributed by atoms with Gasteiger partial charge in [-0.3, -0.25) is 9.48 Å². The molecule has 0 bridgehead atoms. The number of amides is 1. The second-order valence-electron chi connectivity index (χ2n) is 5.54. The maximum Gasteiger partial charge on any atom is 0.245 e.